The molecular formula is C72H57N3. The molecule has 2 heterocycles. The van der Waals surface area contributed by atoms with Gasteiger partial charge in [-0.25, -0.2) is 0 Å². The van der Waals surface area contributed by atoms with E-state index in [1.54, 1.807) is 0 Å². The van der Waals surface area contributed by atoms with E-state index < -0.39 is 0 Å². The molecule has 0 aliphatic heterocycles. The van der Waals surface area contributed by atoms with Crippen molar-refractivity contribution < 1.29 is 0 Å². The average molecular weight is 964 g/mol. The lowest BCUT2D eigenvalue weighted by Gasteiger charge is -2.33. The number of fused-ring (bicyclic) bond motifs is 8. The van der Waals surface area contributed by atoms with Crippen molar-refractivity contribution in [1.82, 2.24) is 9.13 Å². The highest BCUT2D eigenvalue weighted by Crippen LogP contribution is 2.45. The van der Waals surface area contributed by atoms with Gasteiger partial charge in [-0.15, -0.1) is 0 Å². The van der Waals surface area contributed by atoms with Gasteiger partial charge in [0.05, 0.1) is 27.8 Å². The molecule has 2 aromatic heterocycles. The highest BCUT2D eigenvalue weighted by Gasteiger charge is 2.26. The first-order valence-electron chi connectivity index (χ1n) is 26.8. The number of anilines is 2. The summed E-state index contributed by atoms with van der Waals surface area (Å²) in [5.41, 5.74) is 19.1. The summed E-state index contributed by atoms with van der Waals surface area (Å²) in [6, 6.07) is 85.7. The van der Waals surface area contributed by atoms with Crippen molar-refractivity contribution in [3.63, 3.8) is 0 Å². The molecular weight excluding hydrogens is 907 g/mol. The molecule has 2 aliphatic carbocycles. The molecule has 0 fully saturated rings. The second-order valence-corrected chi connectivity index (χ2v) is 20.7. The first-order valence-corrected chi connectivity index (χ1v) is 26.8. The van der Waals surface area contributed by atoms with E-state index >= 15 is 0 Å². The summed E-state index contributed by atoms with van der Waals surface area (Å²) in [7, 11) is 0. The monoisotopic (exact) mass is 963 g/mol. The molecule has 0 saturated carbocycles. The quantitative estimate of drug-likeness (QED) is 0.126. The van der Waals surface area contributed by atoms with Gasteiger partial charge >= 0.3 is 0 Å². The number of allylic oxidation sites excluding steroid dienone is 4. The van der Waals surface area contributed by atoms with E-state index in [0.29, 0.717) is 5.92 Å². The molecule has 3 heteroatoms. The molecule has 10 aromatic carbocycles. The SMILES string of the molecule is CC1CC=Cc2cccc(N(C3=CCC(c4ccc(CCC(c5ccc6c(c5)c5ccccc5n6-c5ccccc5)c5cccc6ccccc56)cc4)C=C3)c3ccc4c(c3)c3ccccc3n4-c3ccccc3)c21. The van der Waals surface area contributed by atoms with Crippen molar-refractivity contribution in [1.29, 1.82) is 0 Å². The zero-order chi connectivity index (χ0) is 49.8. The van der Waals surface area contributed by atoms with Gasteiger partial charge in [0.1, 0.15) is 0 Å². The van der Waals surface area contributed by atoms with Crippen molar-refractivity contribution in [3.8, 4) is 11.4 Å². The van der Waals surface area contributed by atoms with E-state index in [2.05, 4.69) is 282 Å². The molecule has 0 radical (unpaired) electrons. The molecule has 0 amide bonds. The maximum Gasteiger partial charge on any atom is 0.0542 e. The molecule has 3 nitrogen and oxygen atoms in total. The minimum atomic E-state index is 0.212. The molecule has 0 N–H and O–H groups in total. The van der Waals surface area contributed by atoms with E-state index in [1.807, 2.05) is 0 Å². The lowest BCUT2D eigenvalue weighted by Crippen LogP contribution is -2.20. The van der Waals surface area contributed by atoms with Crippen LogP contribution >= 0.6 is 0 Å². The molecule has 0 saturated heterocycles. The Hall–Kier alpha value is -8.92. The van der Waals surface area contributed by atoms with Crippen molar-refractivity contribution in [3.05, 3.63) is 294 Å². The molecule has 12 aromatic rings. The van der Waals surface area contributed by atoms with Gasteiger partial charge in [0.25, 0.3) is 0 Å². The zero-order valence-electron chi connectivity index (χ0n) is 42.2. The Morgan fingerprint density at radius 2 is 1.12 bits per heavy atom. The standard InChI is InChI=1S/C72H57N3/c1-49-17-14-20-54-21-16-32-71(72(49)54)73(59-43-46-70-66(48-59)64-28-11-13-31-68(64)75(70)57-24-6-3-7-25-57)58-41-38-52(39-42-58)51-36-33-50(34-37-51)35-44-61(62-29-15-19-53-18-8-9-26-60(53)62)55-40-45-69-65(47-55)63-27-10-12-30-67(63)74(69)56-22-4-2-5-23-56/h2-16,18-34,36-38,40-43,45-49,52,61H,17,35,39,44H2,1H3. The Bertz CT molecular complexity index is 4200. The number of nitrogens with zero attached hydrogens (tertiary/aromatic N) is 3. The van der Waals surface area contributed by atoms with Gasteiger partial charge in [0, 0.05) is 56.1 Å². The fourth-order valence-corrected chi connectivity index (χ4v) is 12.7. The predicted octanol–water partition coefficient (Wildman–Crippen LogP) is 19.1. The van der Waals surface area contributed by atoms with Crippen LogP contribution in [-0.4, -0.2) is 9.13 Å². The topological polar surface area (TPSA) is 13.1 Å². The van der Waals surface area contributed by atoms with Gasteiger partial charge in [-0.3, -0.25) is 0 Å². The smallest absolute Gasteiger partial charge is 0.0542 e. The summed E-state index contributed by atoms with van der Waals surface area (Å²) in [5, 5.41) is 7.71. The van der Waals surface area contributed by atoms with Gasteiger partial charge < -0.3 is 14.0 Å². The molecule has 360 valence electrons. The average Bonchev–Trinajstić information content (AvgIpc) is 4.00. The maximum atomic E-state index is 2.53. The Balaban J connectivity index is 0.775. The van der Waals surface area contributed by atoms with E-state index in [4.69, 9.17) is 0 Å². The zero-order valence-corrected chi connectivity index (χ0v) is 42.2. The minimum absolute atomic E-state index is 0.212. The van der Waals surface area contributed by atoms with Crippen molar-refractivity contribution in [2.24, 2.45) is 0 Å². The van der Waals surface area contributed by atoms with Gasteiger partial charge in [-0.2, -0.15) is 0 Å². The molecule has 2 aliphatic rings. The van der Waals surface area contributed by atoms with Crippen LogP contribution in [0.3, 0.4) is 0 Å². The number of aryl methyl sites for hydroxylation is 1. The van der Waals surface area contributed by atoms with Gasteiger partial charge in [-0.05, 0) is 155 Å². The molecule has 3 atom stereocenters. The summed E-state index contributed by atoms with van der Waals surface area (Å²) in [6.07, 6.45) is 15.9. The molecule has 0 bridgehead atoms. The van der Waals surface area contributed by atoms with E-state index in [1.165, 1.54) is 116 Å². The fourth-order valence-electron chi connectivity index (χ4n) is 12.7. The highest BCUT2D eigenvalue weighted by atomic mass is 15.2. The van der Waals surface area contributed by atoms with Crippen LogP contribution in [0.1, 0.15) is 77.3 Å². The number of hydrogen-bond donors (Lipinski definition) is 0. The number of benzene rings is 10. The minimum Gasteiger partial charge on any atom is -0.311 e. The van der Waals surface area contributed by atoms with Crippen molar-refractivity contribution in [2.45, 2.75) is 50.4 Å². The molecule has 0 spiro atoms. The number of rotatable bonds is 11. The molecule has 14 rings (SSSR count). The van der Waals surface area contributed by atoms with Gasteiger partial charge in [0.2, 0.25) is 0 Å². The third-order valence-electron chi connectivity index (χ3n) is 16.3. The summed E-state index contributed by atoms with van der Waals surface area (Å²) >= 11 is 0. The van der Waals surface area contributed by atoms with E-state index in [0.717, 1.165) is 25.7 Å². The van der Waals surface area contributed by atoms with Crippen LogP contribution in [0.5, 0.6) is 0 Å². The summed E-state index contributed by atoms with van der Waals surface area (Å²) in [6.45, 7) is 2.38. The maximum absolute atomic E-state index is 2.53. The Morgan fingerprint density at radius 3 is 1.83 bits per heavy atom. The van der Waals surface area contributed by atoms with Crippen molar-refractivity contribution in [2.75, 3.05) is 4.90 Å². The van der Waals surface area contributed by atoms with Crippen molar-refractivity contribution >= 4 is 71.8 Å². The normalized spacial score (nSPS) is 15.7. The first-order chi connectivity index (χ1) is 37.1. The van der Waals surface area contributed by atoms with E-state index in [-0.39, 0.29) is 11.8 Å². The Kier molecular flexibility index (Phi) is 11.2. The molecule has 75 heavy (non-hydrogen) atoms. The summed E-state index contributed by atoms with van der Waals surface area (Å²) < 4.78 is 4.82. The lowest BCUT2D eigenvalue weighted by atomic mass is 9.83. The summed E-state index contributed by atoms with van der Waals surface area (Å²) in [4.78, 5) is 2.53. The Morgan fingerprint density at radius 1 is 0.507 bits per heavy atom. The lowest BCUT2D eigenvalue weighted by molar-refractivity contribution is 0.720. The number of aromatic nitrogens is 2. The predicted molar refractivity (Wildman–Crippen MR) is 317 cm³/mol. The summed E-state index contributed by atoms with van der Waals surface area (Å²) in [5.74, 6) is 0.908. The third-order valence-corrected chi connectivity index (χ3v) is 16.3. The third kappa shape index (κ3) is 7.90. The van der Waals surface area contributed by atoms with E-state index in [9.17, 15) is 0 Å². The van der Waals surface area contributed by atoms with Crippen LogP contribution < -0.4 is 4.90 Å². The van der Waals surface area contributed by atoms with Gasteiger partial charge in [-0.1, -0.05) is 189 Å². The van der Waals surface area contributed by atoms with Gasteiger partial charge in [0.15, 0.2) is 0 Å². The Labute approximate surface area is 439 Å². The first kappa shape index (κ1) is 44.8. The second-order valence-electron chi connectivity index (χ2n) is 20.7. The van der Waals surface area contributed by atoms with Crippen LogP contribution in [0.25, 0.3) is 71.8 Å². The number of hydrogen-bond acceptors (Lipinski definition) is 1. The van der Waals surface area contributed by atoms with Crippen LogP contribution in [0.2, 0.25) is 0 Å². The highest BCUT2D eigenvalue weighted by molar-refractivity contribution is 6.11. The number of para-hydroxylation sites is 4. The molecule has 3 unspecified atom stereocenters. The van der Waals surface area contributed by atoms with Crippen LogP contribution in [0.4, 0.5) is 11.4 Å². The largest absolute Gasteiger partial charge is 0.311 e. The van der Waals surface area contributed by atoms with Crippen LogP contribution in [0, 0.1) is 0 Å². The van der Waals surface area contributed by atoms with Crippen LogP contribution in [0.15, 0.2) is 261 Å². The second kappa shape index (κ2) is 18.8. The fraction of sp³-hybridized carbons (Fsp3) is 0.111. The van der Waals surface area contributed by atoms with Crippen LogP contribution in [-0.2, 0) is 6.42 Å².